The van der Waals surface area contributed by atoms with Crippen LogP contribution in [0.15, 0.2) is 15.7 Å². The Bertz CT molecular complexity index is 509. The molecule has 1 atom stereocenters. The normalized spacial score (nSPS) is 20.1. The van der Waals surface area contributed by atoms with Crippen molar-refractivity contribution in [2.75, 3.05) is 32.9 Å². The van der Waals surface area contributed by atoms with E-state index in [1.54, 1.807) is 6.07 Å². The predicted octanol–water partition coefficient (Wildman–Crippen LogP) is 0.551. The van der Waals surface area contributed by atoms with Gasteiger partial charge in [0.2, 0.25) is 10.0 Å². The number of hydrogen-bond acceptors (Lipinski definition) is 6. The van der Waals surface area contributed by atoms with Crippen LogP contribution in [0.1, 0.15) is 12.5 Å². The van der Waals surface area contributed by atoms with Crippen molar-refractivity contribution in [3.63, 3.8) is 0 Å². The summed E-state index contributed by atoms with van der Waals surface area (Å²) in [5, 5.41) is 5.03. The van der Waals surface area contributed by atoms with Gasteiger partial charge in [-0.1, -0.05) is 6.92 Å². The second kappa shape index (κ2) is 7.48. The van der Waals surface area contributed by atoms with Crippen molar-refractivity contribution < 1.29 is 17.9 Å². The molecular weight excluding hydrogens is 300 g/mol. The van der Waals surface area contributed by atoms with Gasteiger partial charge in [-0.15, -0.1) is 11.3 Å². The molecule has 1 aromatic rings. The van der Waals surface area contributed by atoms with Crippen molar-refractivity contribution in [3.05, 3.63) is 17.0 Å². The number of sulfonamides is 1. The van der Waals surface area contributed by atoms with Crippen LogP contribution < -0.4 is 10.0 Å². The highest BCUT2D eigenvalue weighted by Gasteiger charge is 2.20. The van der Waals surface area contributed by atoms with Crippen LogP contribution in [-0.4, -0.2) is 47.4 Å². The van der Waals surface area contributed by atoms with Gasteiger partial charge in [-0.2, -0.15) is 0 Å². The zero-order chi connectivity index (χ0) is 14.4. The largest absolute Gasteiger partial charge is 0.376 e. The Labute approximate surface area is 123 Å². The average molecular weight is 320 g/mol. The van der Waals surface area contributed by atoms with Crippen molar-refractivity contribution >= 4 is 21.4 Å². The molecule has 0 aliphatic carbocycles. The molecule has 2 heterocycles. The quantitative estimate of drug-likeness (QED) is 0.767. The average Bonchev–Trinajstić information content (AvgIpc) is 2.94. The highest BCUT2D eigenvalue weighted by molar-refractivity contribution is 7.91. The van der Waals surface area contributed by atoms with E-state index in [4.69, 9.17) is 9.47 Å². The number of hydrogen-bond donors (Lipinski definition) is 2. The lowest BCUT2D eigenvalue weighted by molar-refractivity contribution is -0.0846. The van der Waals surface area contributed by atoms with Crippen LogP contribution in [0.25, 0.3) is 0 Å². The van der Waals surface area contributed by atoms with E-state index in [1.807, 2.05) is 12.3 Å². The van der Waals surface area contributed by atoms with E-state index in [2.05, 4.69) is 10.0 Å². The molecule has 2 rings (SSSR count). The Balaban J connectivity index is 1.90. The van der Waals surface area contributed by atoms with Gasteiger partial charge in [0.25, 0.3) is 0 Å². The van der Waals surface area contributed by atoms with E-state index < -0.39 is 10.0 Å². The van der Waals surface area contributed by atoms with Gasteiger partial charge in [0, 0.05) is 13.1 Å². The summed E-state index contributed by atoms with van der Waals surface area (Å²) in [7, 11) is -3.46. The first-order chi connectivity index (χ1) is 9.62. The summed E-state index contributed by atoms with van der Waals surface area (Å²) in [4.78, 5) is 0. The Morgan fingerprint density at radius 1 is 1.45 bits per heavy atom. The van der Waals surface area contributed by atoms with Gasteiger partial charge in [-0.3, -0.25) is 0 Å². The third-order valence-electron chi connectivity index (χ3n) is 2.86. The SMILES string of the molecule is CCNCc1csc(S(=O)(=O)NCC2COCCO2)c1. The maximum Gasteiger partial charge on any atom is 0.250 e. The van der Waals surface area contributed by atoms with Crippen molar-refractivity contribution in [2.24, 2.45) is 0 Å². The summed E-state index contributed by atoms with van der Waals surface area (Å²) in [6.45, 7) is 5.30. The highest BCUT2D eigenvalue weighted by atomic mass is 32.2. The van der Waals surface area contributed by atoms with Crippen molar-refractivity contribution in [2.45, 2.75) is 23.8 Å². The molecule has 114 valence electrons. The summed E-state index contributed by atoms with van der Waals surface area (Å²) in [5.41, 5.74) is 0.981. The topological polar surface area (TPSA) is 76.7 Å². The van der Waals surface area contributed by atoms with Gasteiger partial charge < -0.3 is 14.8 Å². The molecule has 1 fully saturated rings. The minimum absolute atomic E-state index is 0.209. The summed E-state index contributed by atoms with van der Waals surface area (Å²) in [5.74, 6) is 0. The van der Waals surface area contributed by atoms with Crippen molar-refractivity contribution in [1.29, 1.82) is 0 Å². The molecule has 6 nitrogen and oxygen atoms in total. The first-order valence-corrected chi connectivity index (χ1v) is 8.95. The fourth-order valence-electron chi connectivity index (χ4n) is 1.78. The van der Waals surface area contributed by atoms with Gasteiger partial charge in [-0.25, -0.2) is 13.1 Å². The lowest BCUT2D eigenvalue weighted by Gasteiger charge is -2.22. The maximum atomic E-state index is 12.1. The van der Waals surface area contributed by atoms with Gasteiger partial charge in [0.1, 0.15) is 4.21 Å². The number of thiophene rings is 1. The minimum atomic E-state index is -3.46. The van der Waals surface area contributed by atoms with Crippen LogP contribution in [0.5, 0.6) is 0 Å². The molecule has 1 unspecified atom stereocenters. The monoisotopic (exact) mass is 320 g/mol. The molecule has 2 N–H and O–H groups in total. The molecule has 0 radical (unpaired) electrons. The zero-order valence-electron chi connectivity index (χ0n) is 11.4. The van der Waals surface area contributed by atoms with Gasteiger partial charge in [0.15, 0.2) is 0 Å². The first kappa shape index (κ1) is 15.9. The fourth-order valence-corrected chi connectivity index (χ4v) is 4.10. The summed E-state index contributed by atoms with van der Waals surface area (Å²) in [6.07, 6.45) is -0.209. The van der Waals surface area contributed by atoms with E-state index in [1.165, 1.54) is 11.3 Å². The minimum Gasteiger partial charge on any atom is -0.376 e. The van der Waals surface area contributed by atoms with Gasteiger partial charge >= 0.3 is 0 Å². The maximum absolute atomic E-state index is 12.1. The van der Waals surface area contributed by atoms with Crippen LogP contribution in [-0.2, 0) is 26.0 Å². The number of rotatable bonds is 7. The smallest absolute Gasteiger partial charge is 0.250 e. The van der Waals surface area contributed by atoms with E-state index in [0.29, 0.717) is 30.6 Å². The molecule has 0 bridgehead atoms. The summed E-state index contributed by atoms with van der Waals surface area (Å²) >= 11 is 1.23. The van der Waals surface area contributed by atoms with Crippen LogP contribution in [0, 0.1) is 0 Å². The van der Waals surface area contributed by atoms with E-state index >= 15 is 0 Å². The third-order valence-corrected chi connectivity index (χ3v) is 5.77. The molecular formula is C12H20N2O4S2. The van der Waals surface area contributed by atoms with Crippen LogP contribution in [0.4, 0.5) is 0 Å². The summed E-state index contributed by atoms with van der Waals surface area (Å²) < 4.78 is 37.8. The molecule has 1 saturated heterocycles. The molecule has 0 saturated carbocycles. The second-order valence-electron chi connectivity index (χ2n) is 4.47. The standard InChI is InChI=1S/C12H20N2O4S2/c1-2-13-6-10-5-12(19-9-10)20(15,16)14-7-11-8-17-3-4-18-11/h5,9,11,13-14H,2-4,6-8H2,1H3. The summed E-state index contributed by atoms with van der Waals surface area (Å²) in [6, 6.07) is 1.70. The van der Waals surface area contributed by atoms with Crippen LogP contribution in [0.3, 0.4) is 0 Å². The molecule has 1 aliphatic rings. The Morgan fingerprint density at radius 2 is 2.30 bits per heavy atom. The molecule has 0 spiro atoms. The Hall–Kier alpha value is -0.510. The van der Waals surface area contributed by atoms with Crippen molar-refractivity contribution in [1.82, 2.24) is 10.0 Å². The van der Waals surface area contributed by atoms with E-state index in [-0.39, 0.29) is 12.6 Å². The Kier molecular flexibility index (Phi) is 5.94. The van der Waals surface area contributed by atoms with Gasteiger partial charge in [-0.05, 0) is 23.6 Å². The van der Waals surface area contributed by atoms with Crippen LogP contribution in [0.2, 0.25) is 0 Å². The lowest BCUT2D eigenvalue weighted by atomic mass is 10.3. The number of ether oxygens (including phenoxy) is 2. The van der Waals surface area contributed by atoms with Gasteiger partial charge in [0.05, 0.1) is 25.9 Å². The number of nitrogens with one attached hydrogen (secondary N) is 2. The lowest BCUT2D eigenvalue weighted by Crippen LogP contribution is -2.39. The fraction of sp³-hybridized carbons (Fsp3) is 0.667. The third kappa shape index (κ3) is 4.51. The predicted molar refractivity (Wildman–Crippen MR) is 77.4 cm³/mol. The van der Waals surface area contributed by atoms with Crippen LogP contribution >= 0.6 is 11.3 Å². The molecule has 8 heteroatoms. The Morgan fingerprint density at radius 3 is 3.00 bits per heavy atom. The molecule has 1 aromatic heterocycles. The van der Waals surface area contributed by atoms with E-state index in [9.17, 15) is 8.42 Å². The highest BCUT2D eigenvalue weighted by Crippen LogP contribution is 2.20. The van der Waals surface area contributed by atoms with Crippen molar-refractivity contribution in [3.8, 4) is 0 Å². The molecule has 0 amide bonds. The zero-order valence-corrected chi connectivity index (χ0v) is 13.1. The second-order valence-corrected chi connectivity index (χ2v) is 7.38. The molecule has 1 aliphatic heterocycles. The molecule has 0 aromatic carbocycles. The van der Waals surface area contributed by atoms with E-state index in [0.717, 1.165) is 12.1 Å². The first-order valence-electron chi connectivity index (χ1n) is 6.59. The molecule has 20 heavy (non-hydrogen) atoms.